The summed E-state index contributed by atoms with van der Waals surface area (Å²) in [5, 5.41) is 12.0. The zero-order chi connectivity index (χ0) is 17.4. The third kappa shape index (κ3) is 3.14. The van der Waals surface area contributed by atoms with Crippen LogP contribution in [0.5, 0.6) is 0 Å². The molecule has 1 aromatic carbocycles. The highest BCUT2D eigenvalue weighted by molar-refractivity contribution is 8.00. The molecule has 6 nitrogen and oxygen atoms in total. The number of hydrogen-bond donors (Lipinski definition) is 2. The maximum absolute atomic E-state index is 12.2. The van der Waals surface area contributed by atoms with Gasteiger partial charge in [-0.1, -0.05) is 23.7 Å². The molecule has 0 aliphatic carbocycles. The first kappa shape index (κ1) is 16.9. The van der Waals surface area contributed by atoms with Crippen molar-refractivity contribution in [3.05, 3.63) is 46.6 Å². The number of carboxylic acid groups (broad SMARTS) is 1. The van der Waals surface area contributed by atoms with Gasteiger partial charge in [0.25, 0.3) is 5.91 Å². The topological polar surface area (TPSA) is 86.7 Å². The van der Waals surface area contributed by atoms with Crippen LogP contribution in [-0.2, 0) is 20.8 Å². The maximum Gasteiger partial charge on any atom is 0.352 e. The Kier molecular flexibility index (Phi) is 4.56. The number of carboxylic acids is 1. The number of carbonyl (C=O) groups excluding carboxylic acids is 2. The van der Waals surface area contributed by atoms with Crippen LogP contribution < -0.4 is 5.32 Å². The number of benzene rings is 1. The Morgan fingerprint density at radius 2 is 2.17 bits per heavy atom. The summed E-state index contributed by atoms with van der Waals surface area (Å²) >= 11 is 7.34. The maximum atomic E-state index is 12.2. The minimum absolute atomic E-state index is 0.0170. The SMILES string of the molecule is CC1C=C(C(=O)O)N2C(=O)C(NC(=O)Cc3cccc(Cl)c3)[C@@H]2S1. The number of β-lactam (4-membered cyclic amide) rings is 1. The Morgan fingerprint density at radius 3 is 2.83 bits per heavy atom. The van der Waals surface area contributed by atoms with Crippen molar-refractivity contribution in [1.82, 2.24) is 10.2 Å². The van der Waals surface area contributed by atoms with Crippen molar-refractivity contribution in [1.29, 1.82) is 0 Å². The van der Waals surface area contributed by atoms with E-state index in [2.05, 4.69) is 5.32 Å². The van der Waals surface area contributed by atoms with E-state index in [-0.39, 0.29) is 28.6 Å². The molecule has 1 fully saturated rings. The van der Waals surface area contributed by atoms with Gasteiger partial charge in [-0.25, -0.2) is 4.79 Å². The number of rotatable bonds is 4. The number of aliphatic carboxylic acids is 1. The standard InChI is InChI=1S/C16H15ClN2O4S/c1-8-5-11(16(22)23)19-14(21)13(15(19)24-8)18-12(20)7-9-3-2-4-10(17)6-9/h2-6,8,13,15H,7H2,1H3,(H,18,20)(H,22,23)/t8?,13?,15-/m0/s1. The number of carbonyl (C=O) groups is 3. The Labute approximate surface area is 147 Å². The van der Waals surface area contributed by atoms with Gasteiger partial charge in [-0.2, -0.15) is 0 Å². The number of fused-ring (bicyclic) bond motifs is 1. The lowest BCUT2D eigenvalue weighted by Crippen LogP contribution is -2.70. The normalized spacial score (nSPS) is 25.4. The fraction of sp³-hybridized carbons (Fsp3) is 0.312. The van der Waals surface area contributed by atoms with Crippen LogP contribution in [0.1, 0.15) is 12.5 Å². The molecule has 0 bridgehead atoms. The molecule has 2 heterocycles. The van der Waals surface area contributed by atoms with E-state index in [1.54, 1.807) is 30.3 Å². The minimum Gasteiger partial charge on any atom is -0.477 e. The van der Waals surface area contributed by atoms with Gasteiger partial charge in [-0.15, -0.1) is 11.8 Å². The van der Waals surface area contributed by atoms with E-state index in [4.69, 9.17) is 11.6 Å². The zero-order valence-electron chi connectivity index (χ0n) is 12.7. The molecule has 0 radical (unpaired) electrons. The number of nitrogens with zero attached hydrogens (tertiary/aromatic N) is 1. The summed E-state index contributed by atoms with van der Waals surface area (Å²) in [4.78, 5) is 36.9. The molecule has 3 rings (SSSR count). The Hall–Kier alpha value is -1.99. The highest BCUT2D eigenvalue weighted by atomic mass is 35.5. The Bertz CT molecular complexity index is 751. The van der Waals surface area contributed by atoms with E-state index in [1.165, 1.54) is 16.7 Å². The van der Waals surface area contributed by atoms with E-state index in [9.17, 15) is 19.5 Å². The number of thioether (sulfide) groups is 1. The Morgan fingerprint density at radius 1 is 1.42 bits per heavy atom. The van der Waals surface area contributed by atoms with Crippen LogP contribution in [0, 0.1) is 0 Å². The molecule has 3 atom stereocenters. The van der Waals surface area contributed by atoms with Crippen molar-refractivity contribution in [3.8, 4) is 0 Å². The molecule has 0 aromatic heterocycles. The van der Waals surface area contributed by atoms with Gasteiger partial charge < -0.3 is 10.4 Å². The van der Waals surface area contributed by atoms with Crippen molar-refractivity contribution in [2.45, 2.75) is 30.0 Å². The van der Waals surface area contributed by atoms with Gasteiger partial charge in [0.15, 0.2) is 0 Å². The summed E-state index contributed by atoms with van der Waals surface area (Å²) in [6.07, 6.45) is 1.66. The second-order valence-electron chi connectivity index (χ2n) is 5.65. The molecule has 126 valence electrons. The second-order valence-corrected chi connectivity index (χ2v) is 7.58. The fourth-order valence-electron chi connectivity index (χ4n) is 2.79. The molecule has 8 heteroatoms. The fourth-order valence-corrected chi connectivity index (χ4v) is 4.33. The van der Waals surface area contributed by atoms with Crippen molar-refractivity contribution >= 4 is 41.1 Å². The molecule has 2 N–H and O–H groups in total. The molecular weight excluding hydrogens is 352 g/mol. The quantitative estimate of drug-likeness (QED) is 0.791. The molecule has 1 saturated heterocycles. The van der Waals surface area contributed by atoms with Crippen LogP contribution in [0.15, 0.2) is 36.0 Å². The summed E-state index contributed by atoms with van der Waals surface area (Å²) < 4.78 is 0. The molecule has 2 aliphatic rings. The molecular formula is C16H15ClN2O4S. The molecule has 24 heavy (non-hydrogen) atoms. The average molecular weight is 367 g/mol. The lowest BCUT2D eigenvalue weighted by Gasteiger charge is -2.49. The number of halogens is 1. The molecule has 0 spiro atoms. The van der Waals surface area contributed by atoms with Gasteiger partial charge in [0.2, 0.25) is 5.91 Å². The summed E-state index contributed by atoms with van der Waals surface area (Å²) in [6, 6.07) is 6.24. The summed E-state index contributed by atoms with van der Waals surface area (Å²) in [6.45, 7) is 1.86. The van der Waals surface area contributed by atoms with Crippen molar-refractivity contribution in [2.24, 2.45) is 0 Å². The molecule has 2 aliphatic heterocycles. The summed E-state index contributed by atoms with van der Waals surface area (Å²) in [7, 11) is 0. The predicted molar refractivity (Wildman–Crippen MR) is 90.5 cm³/mol. The first-order chi connectivity index (χ1) is 11.4. The molecule has 2 unspecified atom stereocenters. The first-order valence-electron chi connectivity index (χ1n) is 7.34. The smallest absolute Gasteiger partial charge is 0.352 e. The molecule has 0 saturated carbocycles. The summed E-state index contributed by atoms with van der Waals surface area (Å²) in [5.74, 6) is -1.83. The van der Waals surface area contributed by atoms with Gasteiger partial charge in [-0.05, 0) is 30.7 Å². The Balaban J connectivity index is 1.67. The number of hydrogen-bond acceptors (Lipinski definition) is 4. The largest absolute Gasteiger partial charge is 0.477 e. The second kappa shape index (κ2) is 6.49. The monoisotopic (exact) mass is 366 g/mol. The predicted octanol–water partition coefficient (Wildman–Crippen LogP) is 1.64. The number of amides is 2. The minimum atomic E-state index is -1.13. The van der Waals surface area contributed by atoms with E-state index in [1.807, 2.05) is 6.92 Å². The van der Waals surface area contributed by atoms with Gasteiger partial charge in [0, 0.05) is 10.3 Å². The van der Waals surface area contributed by atoms with Crippen LogP contribution in [-0.4, -0.2) is 44.5 Å². The average Bonchev–Trinajstić information content (AvgIpc) is 2.51. The van der Waals surface area contributed by atoms with Gasteiger partial charge in [-0.3, -0.25) is 14.5 Å². The van der Waals surface area contributed by atoms with Gasteiger partial charge >= 0.3 is 5.97 Å². The van der Waals surface area contributed by atoms with E-state index < -0.39 is 17.9 Å². The van der Waals surface area contributed by atoms with Crippen molar-refractivity contribution in [3.63, 3.8) is 0 Å². The van der Waals surface area contributed by atoms with Gasteiger partial charge in [0.1, 0.15) is 17.1 Å². The van der Waals surface area contributed by atoms with E-state index >= 15 is 0 Å². The third-order valence-electron chi connectivity index (χ3n) is 3.84. The van der Waals surface area contributed by atoms with Crippen LogP contribution >= 0.6 is 23.4 Å². The van der Waals surface area contributed by atoms with E-state index in [0.29, 0.717) is 5.02 Å². The van der Waals surface area contributed by atoms with Crippen LogP contribution in [0.2, 0.25) is 5.02 Å². The van der Waals surface area contributed by atoms with Crippen LogP contribution in [0.3, 0.4) is 0 Å². The highest BCUT2D eigenvalue weighted by Crippen LogP contribution is 2.40. The van der Waals surface area contributed by atoms with Crippen LogP contribution in [0.25, 0.3) is 0 Å². The lowest BCUT2D eigenvalue weighted by molar-refractivity contribution is -0.150. The first-order valence-corrected chi connectivity index (χ1v) is 8.66. The molecule has 1 aromatic rings. The zero-order valence-corrected chi connectivity index (χ0v) is 14.3. The lowest BCUT2D eigenvalue weighted by atomic mass is 10.0. The highest BCUT2D eigenvalue weighted by Gasteiger charge is 2.53. The molecule has 2 amide bonds. The van der Waals surface area contributed by atoms with Crippen molar-refractivity contribution in [2.75, 3.05) is 0 Å². The third-order valence-corrected chi connectivity index (χ3v) is 5.40. The van der Waals surface area contributed by atoms with Crippen molar-refractivity contribution < 1.29 is 19.5 Å². The summed E-state index contributed by atoms with van der Waals surface area (Å²) in [5.41, 5.74) is 0.732. The van der Waals surface area contributed by atoms with Crippen LogP contribution in [0.4, 0.5) is 0 Å². The van der Waals surface area contributed by atoms with E-state index in [0.717, 1.165) is 5.56 Å². The van der Waals surface area contributed by atoms with Gasteiger partial charge in [0.05, 0.1) is 6.42 Å². The number of nitrogens with one attached hydrogen (secondary N) is 1.